The van der Waals surface area contributed by atoms with Crippen LogP contribution >= 0.6 is 0 Å². The number of hydrogen-bond acceptors (Lipinski definition) is 3. The van der Waals surface area contributed by atoms with E-state index < -0.39 is 11.3 Å². The first-order chi connectivity index (χ1) is 9.58. The molecule has 2 amide bonds. The zero-order valence-corrected chi connectivity index (χ0v) is 11.3. The molecule has 3 N–H and O–H groups in total. The largest absolute Gasteiger partial charge is 0.369 e. The van der Waals surface area contributed by atoms with E-state index in [1.165, 1.54) is 0 Å². The Bertz CT molecular complexity index is 593. The van der Waals surface area contributed by atoms with Gasteiger partial charge >= 0.3 is 0 Å². The van der Waals surface area contributed by atoms with Crippen molar-refractivity contribution in [1.29, 1.82) is 0 Å². The number of amides is 2. The van der Waals surface area contributed by atoms with Crippen molar-refractivity contribution in [2.75, 3.05) is 5.32 Å². The predicted molar refractivity (Wildman–Crippen MR) is 76.9 cm³/mol. The van der Waals surface area contributed by atoms with E-state index in [2.05, 4.69) is 10.3 Å². The zero-order chi connectivity index (χ0) is 14.6. The van der Waals surface area contributed by atoms with Gasteiger partial charge < -0.3 is 11.1 Å². The number of carbonyl (C=O) groups excluding carboxylic acids is 2. The van der Waals surface area contributed by atoms with Crippen LogP contribution in [0.1, 0.15) is 25.3 Å². The van der Waals surface area contributed by atoms with Crippen LogP contribution in [0.2, 0.25) is 0 Å². The fraction of sp³-hybridized carbons (Fsp3) is 0.267. The van der Waals surface area contributed by atoms with Gasteiger partial charge in [0, 0.05) is 12.6 Å². The second-order valence-electron chi connectivity index (χ2n) is 4.66. The molecule has 0 aromatic carbocycles. The summed E-state index contributed by atoms with van der Waals surface area (Å²) in [6.45, 7) is 1.76. The summed E-state index contributed by atoms with van der Waals surface area (Å²) in [5.41, 5.74) is 5.44. The highest BCUT2D eigenvalue weighted by atomic mass is 16.2. The summed E-state index contributed by atoms with van der Waals surface area (Å²) in [6.07, 6.45) is 9.81. The minimum absolute atomic E-state index is 0.123. The third-order valence-electron chi connectivity index (χ3n) is 3.37. The summed E-state index contributed by atoms with van der Waals surface area (Å²) in [5, 5.41) is 2.68. The van der Waals surface area contributed by atoms with Crippen LogP contribution in [-0.4, -0.2) is 16.8 Å². The fourth-order valence-corrected chi connectivity index (χ4v) is 2.17. The van der Waals surface area contributed by atoms with Crippen molar-refractivity contribution in [3.05, 3.63) is 48.2 Å². The number of anilines is 1. The van der Waals surface area contributed by atoms with Crippen LogP contribution in [-0.2, 0) is 15.0 Å². The molecule has 2 rings (SSSR count). The number of allylic oxidation sites excluding steroid dienone is 3. The Labute approximate surface area is 117 Å². The van der Waals surface area contributed by atoms with E-state index in [4.69, 9.17) is 5.73 Å². The highest BCUT2D eigenvalue weighted by Crippen LogP contribution is 2.33. The number of rotatable bonds is 4. The van der Waals surface area contributed by atoms with Gasteiger partial charge in [0.15, 0.2) is 0 Å². The van der Waals surface area contributed by atoms with Gasteiger partial charge in [-0.2, -0.15) is 0 Å². The average molecular weight is 271 g/mol. The number of carbonyl (C=O) groups is 2. The molecule has 0 fully saturated rings. The lowest BCUT2D eigenvalue weighted by Gasteiger charge is -2.28. The van der Waals surface area contributed by atoms with Gasteiger partial charge in [-0.1, -0.05) is 31.2 Å². The maximum Gasteiger partial charge on any atom is 0.232 e. The Kier molecular flexibility index (Phi) is 3.98. The average Bonchev–Trinajstić information content (AvgIpc) is 2.48. The molecule has 1 aromatic heterocycles. The maximum absolute atomic E-state index is 11.9. The molecule has 1 aliphatic rings. The molecule has 104 valence electrons. The van der Waals surface area contributed by atoms with Crippen molar-refractivity contribution < 1.29 is 9.59 Å². The minimum atomic E-state index is -0.872. The van der Waals surface area contributed by atoms with Gasteiger partial charge in [0.25, 0.3) is 0 Å². The zero-order valence-electron chi connectivity index (χ0n) is 11.3. The lowest BCUT2D eigenvalue weighted by molar-refractivity contribution is -0.122. The normalized spacial score (nSPS) is 20.6. The molecule has 5 nitrogen and oxygen atoms in total. The third-order valence-corrected chi connectivity index (χ3v) is 3.37. The molecule has 0 radical (unpaired) electrons. The van der Waals surface area contributed by atoms with Crippen molar-refractivity contribution >= 4 is 17.6 Å². The smallest absolute Gasteiger partial charge is 0.232 e. The molecule has 0 saturated heterocycles. The lowest BCUT2D eigenvalue weighted by Crippen LogP contribution is -2.40. The number of hydrogen-bond donors (Lipinski definition) is 2. The fourth-order valence-electron chi connectivity index (χ4n) is 2.17. The molecule has 0 saturated carbocycles. The molecule has 5 heteroatoms. The molecule has 1 heterocycles. The van der Waals surface area contributed by atoms with Crippen LogP contribution in [0.25, 0.3) is 0 Å². The molecule has 1 unspecified atom stereocenters. The van der Waals surface area contributed by atoms with Crippen molar-refractivity contribution in [3.63, 3.8) is 0 Å². The molecule has 1 atom stereocenters. The summed E-state index contributed by atoms with van der Waals surface area (Å²) in [5.74, 6) is -0.114. The second kappa shape index (κ2) is 5.69. The van der Waals surface area contributed by atoms with Gasteiger partial charge in [0.1, 0.15) is 5.82 Å². The van der Waals surface area contributed by atoms with E-state index in [0.29, 0.717) is 18.7 Å². The van der Waals surface area contributed by atoms with Gasteiger partial charge in [0.05, 0.1) is 5.41 Å². The second-order valence-corrected chi connectivity index (χ2v) is 4.66. The van der Waals surface area contributed by atoms with E-state index in [1.54, 1.807) is 37.4 Å². The van der Waals surface area contributed by atoms with Gasteiger partial charge in [0.2, 0.25) is 11.8 Å². The Balaban J connectivity index is 2.38. The number of pyridine rings is 1. The van der Waals surface area contributed by atoms with Crippen LogP contribution in [0, 0.1) is 0 Å². The molecule has 20 heavy (non-hydrogen) atoms. The van der Waals surface area contributed by atoms with E-state index in [0.717, 1.165) is 5.56 Å². The van der Waals surface area contributed by atoms with Crippen molar-refractivity contribution in [2.45, 2.75) is 25.2 Å². The Morgan fingerprint density at radius 3 is 2.85 bits per heavy atom. The summed E-state index contributed by atoms with van der Waals surface area (Å²) >= 11 is 0. The van der Waals surface area contributed by atoms with E-state index in [-0.39, 0.29) is 5.91 Å². The van der Waals surface area contributed by atoms with Crippen LogP contribution < -0.4 is 11.1 Å². The van der Waals surface area contributed by atoms with E-state index >= 15 is 0 Å². The molecule has 1 aromatic rings. The summed E-state index contributed by atoms with van der Waals surface area (Å²) in [7, 11) is 0. The number of nitrogens with two attached hydrogens (primary N) is 1. The third kappa shape index (κ3) is 2.61. The quantitative estimate of drug-likeness (QED) is 0.873. The van der Waals surface area contributed by atoms with Crippen molar-refractivity contribution in [1.82, 2.24) is 4.98 Å². The molecule has 0 aliphatic heterocycles. The highest BCUT2D eigenvalue weighted by Gasteiger charge is 2.36. The number of primary amides is 1. The maximum atomic E-state index is 11.9. The lowest BCUT2D eigenvalue weighted by atomic mass is 9.75. The topological polar surface area (TPSA) is 85.1 Å². The standard InChI is InChI=1S/C15H17N3O2/c1-2-13(19)18-12-10-11(6-9-17-12)15(14(16)20)7-4-3-5-8-15/h3-7,9-10H,2,8H2,1H3,(H2,16,20)(H,17,18,19). The monoisotopic (exact) mass is 271 g/mol. The highest BCUT2D eigenvalue weighted by molar-refractivity contribution is 5.92. The summed E-state index contributed by atoms with van der Waals surface area (Å²) < 4.78 is 0. The van der Waals surface area contributed by atoms with Crippen LogP contribution in [0.3, 0.4) is 0 Å². The van der Waals surface area contributed by atoms with Crippen LogP contribution in [0.4, 0.5) is 5.82 Å². The van der Waals surface area contributed by atoms with Crippen molar-refractivity contribution in [2.24, 2.45) is 5.73 Å². The number of nitrogens with zero attached hydrogens (tertiary/aromatic N) is 1. The Morgan fingerprint density at radius 1 is 1.45 bits per heavy atom. The first kappa shape index (κ1) is 14.0. The van der Waals surface area contributed by atoms with E-state index in [1.807, 2.05) is 12.2 Å². The minimum Gasteiger partial charge on any atom is -0.369 e. The molecule has 0 bridgehead atoms. The Morgan fingerprint density at radius 2 is 2.25 bits per heavy atom. The van der Waals surface area contributed by atoms with Gasteiger partial charge in [-0.15, -0.1) is 0 Å². The first-order valence-corrected chi connectivity index (χ1v) is 6.49. The van der Waals surface area contributed by atoms with Crippen LogP contribution in [0.5, 0.6) is 0 Å². The summed E-state index contributed by atoms with van der Waals surface area (Å²) in [4.78, 5) is 27.4. The molecular weight excluding hydrogens is 254 g/mol. The first-order valence-electron chi connectivity index (χ1n) is 6.49. The summed E-state index contributed by atoms with van der Waals surface area (Å²) in [6, 6.07) is 3.44. The molecule has 0 spiro atoms. The van der Waals surface area contributed by atoms with E-state index in [9.17, 15) is 9.59 Å². The number of nitrogens with one attached hydrogen (secondary N) is 1. The SMILES string of the molecule is CCC(=O)Nc1cc(C2(C(N)=O)C=CC=CC2)ccn1. The Hall–Kier alpha value is -2.43. The van der Waals surface area contributed by atoms with Crippen LogP contribution in [0.15, 0.2) is 42.6 Å². The van der Waals surface area contributed by atoms with Gasteiger partial charge in [-0.05, 0) is 24.1 Å². The predicted octanol–water partition coefficient (Wildman–Crippen LogP) is 1.67. The van der Waals surface area contributed by atoms with Gasteiger partial charge in [-0.25, -0.2) is 4.98 Å². The van der Waals surface area contributed by atoms with Gasteiger partial charge in [-0.3, -0.25) is 9.59 Å². The van der Waals surface area contributed by atoms with Crippen molar-refractivity contribution in [3.8, 4) is 0 Å². The molecule has 1 aliphatic carbocycles. The molecular formula is C15H17N3O2. The number of aromatic nitrogens is 1.